The van der Waals surface area contributed by atoms with Crippen LogP contribution in [0.1, 0.15) is 32.1 Å². The van der Waals surface area contributed by atoms with Crippen molar-refractivity contribution in [3.8, 4) is 0 Å². The van der Waals surface area contributed by atoms with Gasteiger partial charge in [0, 0.05) is 20.3 Å². The van der Waals surface area contributed by atoms with Gasteiger partial charge in [0.1, 0.15) is 0 Å². The fourth-order valence-corrected chi connectivity index (χ4v) is 2.17. The highest BCUT2D eigenvalue weighted by Gasteiger charge is 2.16. The van der Waals surface area contributed by atoms with Crippen LogP contribution < -0.4 is 5.32 Å². The molecular weight excluding hydrogens is 246 g/mol. The van der Waals surface area contributed by atoms with Crippen molar-refractivity contribution in [2.45, 2.75) is 44.3 Å². The van der Waals surface area contributed by atoms with E-state index in [0.29, 0.717) is 32.5 Å². The number of aliphatic hydroxyl groups is 1. The molecule has 0 saturated heterocycles. The van der Waals surface area contributed by atoms with Crippen molar-refractivity contribution in [2.24, 2.45) is 0 Å². The van der Waals surface area contributed by atoms with Gasteiger partial charge < -0.3 is 24.6 Å². The van der Waals surface area contributed by atoms with Crippen molar-refractivity contribution in [3.05, 3.63) is 0 Å². The molecule has 5 nitrogen and oxygen atoms in total. The highest BCUT2D eigenvalue weighted by atomic mass is 16.5. The van der Waals surface area contributed by atoms with E-state index < -0.39 is 6.10 Å². The van der Waals surface area contributed by atoms with Gasteiger partial charge in [-0.3, -0.25) is 0 Å². The summed E-state index contributed by atoms with van der Waals surface area (Å²) in [7, 11) is 1.67. The molecule has 19 heavy (non-hydrogen) atoms. The number of rotatable bonds is 12. The van der Waals surface area contributed by atoms with Crippen molar-refractivity contribution in [2.75, 3.05) is 46.6 Å². The van der Waals surface area contributed by atoms with Gasteiger partial charge in [-0.25, -0.2) is 0 Å². The van der Waals surface area contributed by atoms with E-state index in [1.165, 1.54) is 12.8 Å². The van der Waals surface area contributed by atoms with Crippen LogP contribution in [0.15, 0.2) is 0 Å². The zero-order valence-corrected chi connectivity index (χ0v) is 12.1. The number of ether oxygens (including phenoxy) is 3. The predicted octanol–water partition coefficient (Wildman–Crippen LogP) is 0.949. The topological polar surface area (TPSA) is 60.0 Å². The van der Waals surface area contributed by atoms with Crippen molar-refractivity contribution >= 4 is 0 Å². The SMILES string of the molecule is COCCOCCCNCC(O)COC1CCCC1. The van der Waals surface area contributed by atoms with Gasteiger partial charge in [0.15, 0.2) is 0 Å². The maximum absolute atomic E-state index is 9.75. The summed E-state index contributed by atoms with van der Waals surface area (Å²) < 4.78 is 15.9. The molecule has 0 spiro atoms. The Labute approximate surface area is 116 Å². The minimum Gasteiger partial charge on any atom is -0.389 e. The smallest absolute Gasteiger partial charge is 0.0897 e. The number of nitrogens with one attached hydrogen (secondary N) is 1. The van der Waals surface area contributed by atoms with Gasteiger partial charge in [-0.2, -0.15) is 0 Å². The molecular formula is C14H29NO4. The molecule has 0 amide bonds. The molecule has 0 aliphatic heterocycles. The summed E-state index contributed by atoms with van der Waals surface area (Å²) in [5, 5.41) is 13.0. The fraction of sp³-hybridized carbons (Fsp3) is 1.00. The molecule has 1 fully saturated rings. The Morgan fingerprint density at radius 1 is 1.21 bits per heavy atom. The molecule has 2 N–H and O–H groups in total. The van der Waals surface area contributed by atoms with Crippen molar-refractivity contribution in [1.29, 1.82) is 0 Å². The van der Waals surface area contributed by atoms with E-state index in [1.807, 2.05) is 0 Å². The van der Waals surface area contributed by atoms with Crippen molar-refractivity contribution in [1.82, 2.24) is 5.32 Å². The molecule has 0 aromatic carbocycles. The Bertz CT molecular complexity index is 198. The standard InChI is InChI=1S/C14H29NO4/c1-17-9-10-18-8-4-7-15-11-13(16)12-19-14-5-2-3-6-14/h13-16H,2-12H2,1H3. The molecule has 5 heteroatoms. The largest absolute Gasteiger partial charge is 0.389 e. The molecule has 1 aliphatic carbocycles. The molecule has 1 rings (SSSR count). The molecule has 0 radical (unpaired) electrons. The van der Waals surface area contributed by atoms with Gasteiger partial charge in [0.2, 0.25) is 0 Å². The van der Waals surface area contributed by atoms with Crippen LogP contribution in [0.2, 0.25) is 0 Å². The number of aliphatic hydroxyl groups excluding tert-OH is 1. The quantitative estimate of drug-likeness (QED) is 0.519. The molecule has 1 aliphatic rings. The summed E-state index contributed by atoms with van der Waals surface area (Å²) in [6.07, 6.45) is 5.75. The lowest BCUT2D eigenvalue weighted by molar-refractivity contribution is -0.00556. The number of hydrogen-bond acceptors (Lipinski definition) is 5. The third kappa shape index (κ3) is 9.35. The van der Waals surface area contributed by atoms with Crippen molar-refractivity contribution in [3.63, 3.8) is 0 Å². The van der Waals surface area contributed by atoms with Crippen LogP contribution in [0.4, 0.5) is 0 Å². The highest BCUT2D eigenvalue weighted by Crippen LogP contribution is 2.20. The summed E-state index contributed by atoms with van der Waals surface area (Å²) >= 11 is 0. The molecule has 114 valence electrons. The Kier molecular flexibility index (Phi) is 10.3. The molecule has 0 bridgehead atoms. The molecule has 0 aromatic rings. The Morgan fingerprint density at radius 2 is 2.00 bits per heavy atom. The van der Waals surface area contributed by atoms with E-state index in [1.54, 1.807) is 7.11 Å². The van der Waals surface area contributed by atoms with E-state index in [0.717, 1.165) is 32.4 Å². The van der Waals surface area contributed by atoms with Gasteiger partial charge in [0.05, 0.1) is 32.0 Å². The summed E-state index contributed by atoms with van der Waals surface area (Å²) in [4.78, 5) is 0. The molecule has 1 atom stereocenters. The zero-order chi connectivity index (χ0) is 13.8. The number of hydrogen-bond donors (Lipinski definition) is 2. The third-order valence-electron chi connectivity index (χ3n) is 3.28. The van der Waals surface area contributed by atoms with Crippen LogP contribution >= 0.6 is 0 Å². The average Bonchev–Trinajstić information content (AvgIpc) is 2.93. The minimum atomic E-state index is -0.407. The lowest BCUT2D eigenvalue weighted by Crippen LogP contribution is -2.32. The van der Waals surface area contributed by atoms with E-state index in [4.69, 9.17) is 14.2 Å². The predicted molar refractivity (Wildman–Crippen MR) is 74.4 cm³/mol. The maximum Gasteiger partial charge on any atom is 0.0897 e. The van der Waals surface area contributed by atoms with E-state index in [2.05, 4.69) is 5.32 Å². The Balaban J connectivity index is 1.80. The summed E-state index contributed by atoms with van der Waals surface area (Å²) in [6.45, 7) is 3.91. The van der Waals surface area contributed by atoms with Gasteiger partial charge in [0.25, 0.3) is 0 Å². The van der Waals surface area contributed by atoms with Crippen LogP contribution in [-0.4, -0.2) is 63.9 Å². The second-order valence-corrected chi connectivity index (χ2v) is 5.06. The van der Waals surface area contributed by atoms with Crippen LogP contribution in [0.5, 0.6) is 0 Å². The Hall–Kier alpha value is -0.200. The first-order chi connectivity index (χ1) is 9.33. The second kappa shape index (κ2) is 11.6. The van der Waals surface area contributed by atoms with Crippen molar-refractivity contribution < 1.29 is 19.3 Å². The van der Waals surface area contributed by atoms with Crippen LogP contribution in [0.25, 0.3) is 0 Å². The van der Waals surface area contributed by atoms with E-state index in [9.17, 15) is 5.11 Å². The van der Waals surface area contributed by atoms with Gasteiger partial charge in [-0.1, -0.05) is 12.8 Å². The van der Waals surface area contributed by atoms with Gasteiger partial charge >= 0.3 is 0 Å². The first-order valence-electron chi connectivity index (χ1n) is 7.40. The van der Waals surface area contributed by atoms with Gasteiger partial charge in [-0.15, -0.1) is 0 Å². The second-order valence-electron chi connectivity index (χ2n) is 5.06. The zero-order valence-electron chi connectivity index (χ0n) is 12.1. The Morgan fingerprint density at radius 3 is 2.74 bits per heavy atom. The monoisotopic (exact) mass is 275 g/mol. The van der Waals surface area contributed by atoms with E-state index in [-0.39, 0.29) is 0 Å². The molecule has 0 aromatic heterocycles. The van der Waals surface area contributed by atoms with Crippen LogP contribution in [0.3, 0.4) is 0 Å². The van der Waals surface area contributed by atoms with Crippen LogP contribution in [-0.2, 0) is 14.2 Å². The summed E-state index contributed by atoms with van der Waals surface area (Å²) in [5.74, 6) is 0. The summed E-state index contributed by atoms with van der Waals surface area (Å²) in [5.41, 5.74) is 0. The third-order valence-corrected chi connectivity index (χ3v) is 3.28. The van der Waals surface area contributed by atoms with E-state index >= 15 is 0 Å². The molecule has 1 unspecified atom stereocenters. The molecule has 1 saturated carbocycles. The first-order valence-corrected chi connectivity index (χ1v) is 7.40. The lowest BCUT2D eigenvalue weighted by atomic mass is 10.3. The normalized spacial score (nSPS) is 18.0. The van der Waals surface area contributed by atoms with Crippen LogP contribution in [0, 0.1) is 0 Å². The lowest BCUT2D eigenvalue weighted by Gasteiger charge is -2.16. The highest BCUT2D eigenvalue weighted by molar-refractivity contribution is 4.68. The summed E-state index contributed by atoms with van der Waals surface area (Å²) in [6, 6.07) is 0. The minimum absolute atomic E-state index is 0.379. The first kappa shape index (κ1) is 16.9. The maximum atomic E-state index is 9.75. The number of methoxy groups -OCH3 is 1. The average molecular weight is 275 g/mol. The van der Waals surface area contributed by atoms with Gasteiger partial charge in [-0.05, 0) is 25.8 Å². The molecule has 0 heterocycles. The fourth-order valence-electron chi connectivity index (χ4n) is 2.17.